The quantitative estimate of drug-likeness (QED) is 0.0693. The van der Waals surface area contributed by atoms with Gasteiger partial charge >= 0.3 is 36.2 Å². The molecule has 0 fully saturated rings. The van der Waals surface area contributed by atoms with Crippen LogP contribution in [-0.4, -0.2) is 49.4 Å². The zero-order chi connectivity index (χ0) is 41.1. The van der Waals surface area contributed by atoms with Crippen molar-refractivity contribution in [2.45, 2.75) is 13.8 Å². The number of rotatable bonds is 12. The van der Waals surface area contributed by atoms with E-state index in [4.69, 9.17) is 42.0 Å². The van der Waals surface area contributed by atoms with Crippen molar-refractivity contribution < 1.29 is 70.8 Å². The summed E-state index contributed by atoms with van der Waals surface area (Å²) in [5.41, 5.74) is 0.169. The maximum atomic E-state index is 13.0. The summed E-state index contributed by atoms with van der Waals surface area (Å²) in [6, 6.07) is 20.5. The molecule has 5 aromatic rings. The lowest BCUT2D eigenvalue weighted by Crippen LogP contribution is -2.12. The summed E-state index contributed by atoms with van der Waals surface area (Å²) in [6.07, 6.45) is -1.78. The van der Waals surface area contributed by atoms with E-state index in [1.807, 2.05) is 0 Å². The smallest absolute Gasteiger partial charge is 0.434 e. The Hall–Kier alpha value is -7.48. The van der Waals surface area contributed by atoms with Crippen molar-refractivity contribution in [2.24, 2.45) is 0 Å². The van der Waals surface area contributed by atoms with Gasteiger partial charge in [0.05, 0.1) is 39.6 Å². The van der Waals surface area contributed by atoms with Gasteiger partial charge in [-0.05, 0) is 123 Å². The summed E-state index contributed by atoms with van der Waals surface area (Å²) in [6.45, 7) is 3.52. The van der Waals surface area contributed by atoms with Crippen LogP contribution in [0.25, 0.3) is 0 Å². The highest BCUT2D eigenvalue weighted by atomic mass is 16.7. The number of ether oxygens (including phenoxy) is 8. The lowest BCUT2D eigenvalue weighted by molar-refractivity contribution is 0.0723. The maximum Gasteiger partial charge on any atom is 0.513 e. The lowest BCUT2D eigenvalue weighted by Gasteiger charge is -2.09. The van der Waals surface area contributed by atoms with Gasteiger partial charge < -0.3 is 37.9 Å². The third-order valence-corrected chi connectivity index (χ3v) is 6.73. The normalized spacial score (nSPS) is 11.0. The van der Waals surface area contributed by atoms with E-state index in [-0.39, 0.29) is 58.5 Å². The molecule has 274 valence electrons. The van der Waals surface area contributed by atoms with E-state index >= 15 is 0 Å². The number of carbonyl (C=O) groups is 6. The molecule has 0 spiro atoms. The van der Waals surface area contributed by atoms with Gasteiger partial charge in [0, 0.05) is 6.04 Å². The average molecular weight is 738 g/mol. The summed E-state index contributed by atoms with van der Waals surface area (Å²) < 4.78 is 65.4. The fourth-order valence-electron chi connectivity index (χ4n) is 4.21. The SMILES string of the molecule is [2H]c1cc([2H])c(OC(=O)c2ccc(OC(=O)c3ccc(OC(=O)OCC)cc3)cc2)c([2H])c1OC(=O)c1ccc(OC(=O)c2ccc(OC(=O)OCC)cc2)cc1. The minimum atomic E-state index is -1.01. The van der Waals surface area contributed by atoms with Crippen molar-refractivity contribution in [1.29, 1.82) is 0 Å². The number of benzene rings is 5. The summed E-state index contributed by atoms with van der Waals surface area (Å²) in [5, 5.41) is 0. The standard InChI is InChI=1S/C40H30O14/c1-3-47-39(45)53-31-20-12-25(13-21-31)35(41)49-29-16-8-27(9-17-29)37(43)51-33-6-5-7-34(24-33)52-38(44)28-10-18-30(19-11-28)50-36(42)26-14-22-32(23-15-26)54-40(46)48-4-2/h5-24H,3-4H2,1-2H3/i6D,7D,24D. The van der Waals surface area contributed by atoms with Crippen LogP contribution < -0.4 is 28.4 Å². The molecule has 5 aromatic carbocycles. The number of hydrogen-bond acceptors (Lipinski definition) is 14. The molecule has 0 bridgehead atoms. The molecule has 0 unspecified atom stereocenters. The molecule has 0 radical (unpaired) electrons. The summed E-state index contributed by atoms with van der Waals surface area (Å²) in [7, 11) is 0. The van der Waals surface area contributed by atoms with Crippen LogP contribution in [0.15, 0.2) is 121 Å². The van der Waals surface area contributed by atoms with Crippen LogP contribution >= 0.6 is 0 Å². The van der Waals surface area contributed by atoms with Crippen molar-refractivity contribution in [3.8, 4) is 34.5 Å². The number of esters is 4. The van der Waals surface area contributed by atoms with Crippen LogP contribution in [0, 0.1) is 0 Å². The molecular formula is C40H30O14. The Labute approximate surface area is 311 Å². The van der Waals surface area contributed by atoms with Crippen LogP contribution in [0.5, 0.6) is 34.5 Å². The molecule has 0 saturated heterocycles. The highest BCUT2D eigenvalue weighted by Gasteiger charge is 2.16. The average Bonchev–Trinajstić information content (AvgIpc) is 3.19. The van der Waals surface area contributed by atoms with Crippen molar-refractivity contribution >= 4 is 36.2 Å². The summed E-state index contributed by atoms with van der Waals surface area (Å²) in [4.78, 5) is 74.1. The molecule has 5 rings (SSSR count). The highest BCUT2D eigenvalue weighted by molar-refractivity contribution is 5.94. The molecule has 14 heteroatoms. The van der Waals surface area contributed by atoms with Gasteiger partial charge in [0.15, 0.2) is 0 Å². The van der Waals surface area contributed by atoms with E-state index in [1.165, 1.54) is 97.1 Å². The van der Waals surface area contributed by atoms with Gasteiger partial charge in [-0.1, -0.05) is 6.07 Å². The minimum absolute atomic E-state index is 0.0524. The third-order valence-electron chi connectivity index (χ3n) is 6.73. The monoisotopic (exact) mass is 737 g/mol. The third kappa shape index (κ3) is 10.8. The second-order valence-electron chi connectivity index (χ2n) is 10.4. The predicted octanol–water partition coefficient (Wildman–Crippen LogP) is 7.63. The first-order valence-electron chi connectivity index (χ1n) is 17.4. The Kier molecular flexibility index (Phi) is 11.3. The van der Waals surface area contributed by atoms with Gasteiger partial charge in [-0.3, -0.25) is 0 Å². The van der Waals surface area contributed by atoms with Crippen LogP contribution in [-0.2, 0) is 9.47 Å². The summed E-state index contributed by atoms with van der Waals surface area (Å²) >= 11 is 0. The zero-order valence-corrected chi connectivity index (χ0v) is 28.4. The topological polar surface area (TPSA) is 176 Å². The van der Waals surface area contributed by atoms with Gasteiger partial charge in [0.1, 0.15) is 34.5 Å². The fourth-order valence-corrected chi connectivity index (χ4v) is 4.21. The van der Waals surface area contributed by atoms with Gasteiger partial charge in [0.25, 0.3) is 0 Å². The maximum absolute atomic E-state index is 13.0. The minimum Gasteiger partial charge on any atom is -0.434 e. The molecule has 0 aliphatic rings. The second kappa shape index (κ2) is 18.1. The Morgan fingerprint density at radius 1 is 0.407 bits per heavy atom. The number of hydrogen-bond donors (Lipinski definition) is 0. The molecule has 0 heterocycles. The molecular weight excluding hydrogens is 704 g/mol. The molecule has 54 heavy (non-hydrogen) atoms. The number of carbonyl (C=O) groups excluding carboxylic acids is 6. The predicted molar refractivity (Wildman–Crippen MR) is 187 cm³/mol. The van der Waals surface area contributed by atoms with Gasteiger partial charge in [0.2, 0.25) is 0 Å². The van der Waals surface area contributed by atoms with Crippen molar-refractivity contribution in [1.82, 2.24) is 0 Å². The van der Waals surface area contributed by atoms with E-state index < -0.39 is 65.8 Å². The highest BCUT2D eigenvalue weighted by Crippen LogP contribution is 2.24. The van der Waals surface area contributed by atoms with E-state index in [1.54, 1.807) is 13.8 Å². The van der Waals surface area contributed by atoms with E-state index in [0.717, 1.165) is 6.07 Å². The fraction of sp³-hybridized carbons (Fsp3) is 0.100. The molecule has 0 atom stereocenters. The zero-order valence-electron chi connectivity index (χ0n) is 31.4. The lowest BCUT2D eigenvalue weighted by atomic mass is 10.2. The molecule has 0 N–H and O–H groups in total. The van der Waals surface area contributed by atoms with Crippen LogP contribution in [0.3, 0.4) is 0 Å². The van der Waals surface area contributed by atoms with Crippen molar-refractivity contribution in [3.05, 3.63) is 144 Å². The van der Waals surface area contributed by atoms with Gasteiger partial charge in [-0.2, -0.15) is 0 Å². The molecule has 14 nitrogen and oxygen atoms in total. The van der Waals surface area contributed by atoms with Crippen LogP contribution in [0.4, 0.5) is 9.59 Å². The van der Waals surface area contributed by atoms with E-state index in [2.05, 4.69) is 0 Å². The molecule has 0 amide bonds. The van der Waals surface area contributed by atoms with Crippen molar-refractivity contribution in [3.63, 3.8) is 0 Å². The first-order chi connectivity index (χ1) is 27.3. The van der Waals surface area contributed by atoms with Crippen molar-refractivity contribution in [2.75, 3.05) is 13.2 Å². The molecule has 0 saturated carbocycles. The van der Waals surface area contributed by atoms with Crippen LogP contribution in [0.2, 0.25) is 0 Å². The van der Waals surface area contributed by atoms with Crippen LogP contribution in [0.1, 0.15) is 59.4 Å². The van der Waals surface area contributed by atoms with E-state index in [9.17, 15) is 28.8 Å². The molecule has 0 aromatic heterocycles. The van der Waals surface area contributed by atoms with Gasteiger partial charge in [-0.25, -0.2) is 28.8 Å². The molecule has 0 aliphatic carbocycles. The molecule has 0 aliphatic heterocycles. The Morgan fingerprint density at radius 3 is 0.944 bits per heavy atom. The first-order valence-corrected chi connectivity index (χ1v) is 15.9. The first kappa shape index (κ1) is 33.7. The second-order valence-corrected chi connectivity index (χ2v) is 10.4. The Balaban J connectivity index is 1.18. The largest absolute Gasteiger partial charge is 0.513 e. The van der Waals surface area contributed by atoms with Gasteiger partial charge in [-0.15, -0.1) is 0 Å². The van der Waals surface area contributed by atoms with E-state index in [0.29, 0.717) is 0 Å². The summed E-state index contributed by atoms with van der Waals surface area (Å²) in [5.74, 6) is -4.24. The Morgan fingerprint density at radius 2 is 0.667 bits per heavy atom. The Bertz CT molecular complexity index is 2130.